The van der Waals surface area contributed by atoms with Gasteiger partial charge in [0, 0.05) is 6.54 Å². The van der Waals surface area contributed by atoms with E-state index in [4.69, 9.17) is 4.74 Å². The smallest absolute Gasteiger partial charge is 0.422 e. The van der Waals surface area contributed by atoms with Gasteiger partial charge in [0.05, 0.1) is 12.0 Å². The van der Waals surface area contributed by atoms with Crippen molar-refractivity contribution in [2.45, 2.75) is 52.8 Å². The van der Waals surface area contributed by atoms with E-state index >= 15 is 0 Å². The van der Waals surface area contributed by atoms with Crippen molar-refractivity contribution in [2.24, 2.45) is 5.92 Å². The van der Waals surface area contributed by atoms with Crippen LogP contribution in [0.5, 0.6) is 0 Å². The monoisotopic (exact) mass is 321 g/mol. The Hall–Kier alpha value is -2.08. The first-order valence-corrected chi connectivity index (χ1v) is 7.61. The lowest BCUT2D eigenvalue weighted by atomic mass is 10.0. The van der Waals surface area contributed by atoms with Gasteiger partial charge >= 0.3 is 6.09 Å². The van der Waals surface area contributed by atoms with Crippen LogP contribution >= 0.6 is 0 Å². The Morgan fingerprint density at radius 3 is 2.22 bits per heavy atom. The molecule has 1 aromatic carbocycles. The molecule has 1 atom stereocenters. The number of amides is 1. The molecule has 0 aliphatic rings. The van der Waals surface area contributed by atoms with Crippen LogP contribution in [0.4, 0.5) is 4.79 Å². The zero-order chi connectivity index (χ0) is 17.6. The Bertz CT molecular complexity index is 523. The Labute approximate surface area is 137 Å². The van der Waals surface area contributed by atoms with E-state index in [-0.39, 0.29) is 12.5 Å². The summed E-state index contributed by atoms with van der Waals surface area (Å²) in [5.74, 6) is -1.49. The molecule has 1 N–H and O–H groups in total. The lowest BCUT2D eigenvalue weighted by Gasteiger charge is -2.35. The minimum absolute atomic E-state index is 0.233. The van der Waals surface area contributed by atoms with E-state index in [1.807, 2.05) is 30.3 Å². The topological polar surface area (TPSA) is 81.7 Å². The van der Waals surface area contributed by atoms with Crippen molar-refractivity contribution in [3.8, 4) is 0 Å². The van der Waals surface area contributed by atoms with Gasteiger partial charge in [0.1, 0.15) is 5.60 Å². The second-order valence-corrected chi connectivity index (χ2v) is 6.74. The van der Waals surface area contributed by atoms with Gasteiger partial charge in [-0.2, -0.15) is 0 Å². The summed E-state index contributed by atoms with van der Waals surface area (Å²) in [6.07, 6.45) is -0.694. The van der Waals surface area contributed by atoms with Gasteiger partial charge in [-0.25, -0.2) is 9.80 Å². The van der Waals surface area contributed by atoms with Crippen molar-refractivity contribution in [3.05, 3.63) is 35.9 Å². The van der Waals surface area contributed by atoms with Crippen LogP contribution in [-0.2, 0) is 16.1 Å². The maximum absolute atomic E-state index is 12.0. The highest BCUT2D eigenvalue weighted by Gasteiger charge is 2.27. The highest BCUT2D eigenvalue weighted by Crippen LogP contribution is 2.14. The molecule has 0 heterocycles. The number of carbonyl (C=O) groups is 2. The molecule has 0 saturated carbocycles. The molecule has 0 fully saturated rings. The third-order valence-corrected chi connectivity index (χ3v) is 3.04. The number of nitrogens with one attached hydrogen (secondary N) is 1. The predicted molar refractivity (Wildman–Crippen MR) is 85.0 cm³/mol. The van der Waals surface area contributed by atoms with Crippen LogP contribution in [0.25, 0.3) is 0 Å². The molecule has 0 aliphatic heterocycles. The van der Waals surface area contributed by atoms with Crippen LogP contribution in [0.3, 0.4) is 0 Å². The highest BCUT2D eigenvalue weighted by atomic mass is 16.6. The van der Waals surface area contributed by atoms with Crippen molar-refractivity contribution >= 4 is 12.1 Å². The van der Waals surface area contributed by atoms with Gasteiger partial charge in [0.25, 0.3) is 0 Å². The first kappa shape index (κ1) is 19.0. The molecule has 0 spiro atoms. The maximum atomic E-state index is 12.0. The summed E-state index contributed by atoms with van der Waals surface area (Å²) in [5, 5.41) is 12.8. The summed E-state index contributed by atoms with van der Waals surface area (Å²) in [5.41, 5.74) is 2.74. The lowest BCUT2D eigenvalue weighted by Crippen LogP contribution is -2.57. The predicted octanol–water partition coefficient (Wildman–Crippen LogP) is 1.70. The molecule has 0 bridgehead atoms. The molecule has 23 heavy (non-hydrogen) atoms. The number of aliphatic carboxylic acids is 1. The summed E-state index contributed by atoms with van der Waals surface area (Å²) >= 11 is 0. The zero-order valence-electron chi connectivity index (χ0n) is 14.3. The maximum Gasteiger partial charge on any atom is 0.422 e. The molecule has 6 heteroatoms. The minimum atomic E-state index is -1.24. The fourth-order valence-electron chi connectivity index (χ4n) is 2.17. The average Bonchev–Trinajstić information content (AvgIpc) is 2.36. The number of ether oxygens (including phenoxy) is 1. The van der Waals surface area contributed by atoms with Crippen LogP contribution in [0, 0.1) is 5.92 Å². The van der Waals surface area contributed by atoms with Crippen molar-refractivity contribution in [3.63, 3.8) is 0 Å². The number of hydrogen-bond donors (Lipinski definition) is 1. The van der Waals surface area contributed by atoms with Gasteiger partial charge in [-0.05, 0) is 32.3 Å². The van der Waals surface area contributed by atoms with Crippen molar-refractivity contribution in [2.75, 3.05) is 0 Å². The van der Waals surface area contributed by atoms with E-state index in [0.717, 1.165) is 5.56 Å². The molecule has 0 radical (unpaired) electrons. The molecule has 1 aromatic rings. The number of benzene rings is 1. The summed E-state index contributed by atoms with van der Waals surface area (Å²) in [4.78, 5) is 23.5. The normalized spacial score (nSPS) is 13.0. The van der Waals surface area contributed by atoms with E-state index in [1.165, 1.54) is 5.01 Å². The number of rotatable bonds is 6. The zero-order valence-corrected chi connectivity index (χ0v) is 14.3. The Kier molecular flexibility index (Phi) is 6.57. The minimum Gasteiger partial charge on any atom is -0.548 e. The van der Waals surface area contributed by atoms with E-state index < -0.39 is 23.7 Å². The highest BCUT2D eigenvalue weighted by molar-refractivity contribution is 5.73. The van der Waals surface area contributed by atoms with Gasteiger partial charge in [-0.15, -0.1) is 0 Å². The quantitative estimate of drug-likeness (QED) is 0.807. The molecule has 0 unspecified atom stereocenters. The lowest BCUT2D eigenvalue weighted by molar-refractivity contribution is -0.314. The van der Waals surface area contributed by atoms with E-state index in [1.54, 1.807) is 34.6 Å². The van der Waals surface area contributed by atoms with Gasteiger partial charge in [-0.1, -0.05) is 44.2 Å². The van der Waals surface area contributed by atoms with E-state index in [0.29, 0.717) is 0 Å². The van der Waals surface area contributed by atoms with E-state index in [2.05, 4.69) is 5.43 Å². The fourth-order valence-corrected chi connectivity index (χ4v) is 2.17. The molecule has 1 amide bonds. The Morgan fingerprint density at radius 1 is 1.22 bits per heavy atom. The first-order valence-electron chi connectivity index (χ1n) is 7.61. The summed E-state index contributed by atoms with van der Waals surface area (Å²) < 4.78 is 5.21. The number of hydrazine groups is 1. The third-order valence-electron chi connectivity index (χ3n) is 3.04. The Morgan fingerprint density at radius 2 is 1.78 bits per heavy atom. The van der Waals surface area contributed by atoms with Gasteiger partial charge in [0.15, 0.2) is 0 Å². The van der Waals surface area contributed by atoms with Gasteiger partial charge < -0.3 is 14.6 Å². The van der Waals surface area contributed by atoms with Crippen LogP contribution < -0.4 is 10.5 Å². The van der Waals surface area contributed by atoms with E-state index in [9.17, 15) is 14.7 Å². The third kappa shape index (κ3) is 6.69. The second-order valence-electron chi connectivity index (χ2n) is 6.74. The van der Waals surface area contributed by atoms with Crippen LogP contribution in [0.2, 0.25) is 0 Å². The number of carbonyl (C=O) groups excluding carboxylic acids is 2. The van der Waals surface area contributed by atoms with Crippen molar-refractivity contribution in [1.82, 2.24) is 10.4 Å². The summed E-state index contributed by atoms with van der Waals surface area (Å²) in [6, 6.07) is 8.32. The van der Waals surface area contributed by atoms with Crippen molar-refractivity contribution in [1.29, 1.82) is 0 Å². The van der Waals surface area contributed by atoms with Gasteiger partial charge in [0.2, 0.25) is 0 Å². The fraction of sp³-hybridized carbons (Fsp3) is 0.529. The van der Waals surface area contributed by atoms with Crippen molar-refractivity contribution < 1.29 is 19.4 Å². The molecular weight excluding hydrogens is 296 g/mol. The summed E-state index contributed by atoms with van der Waals surface area (Å²) in [6.45, 7) is 8.98. The first-order chi connectivity index (χ1) is 10.6. The largest absolute Gasteiger partial charge is 0.548 e. The van der Waals surface area contributed by atoms with Crippen LogP contribution in [0.1, 0.15) is 40.2 Å². The molecule has 0 aliphatic carbocycles. The molecule has 0 aromatic heterocycles. The number of carboxylic acid groups (broad SMARTS) is 1. The standard InChI is InChI=1S/C17H26N2O4/c1-12(2)14(15(20)21)19(11-13-9-7-6-8-10-13)18-16(22)23-17(3,4)5/h6-10,12,14H,11H2,1-5H3,(H,18,22)(H,20,21)/p-1/t14-/m0/s1. The second kappa shape index (κ2) is 7.97. The Balaban J connectivity index is 2.96. The molecular formula is C17H25N2O4-. The average molecular weight is 321 g/mol. The summed E-state index contributed by atoms with van der Waals surface area (Å²) in [7, 11) is 0. The number of hydrogen-bond acceptors (Lipinski definition) is 5. The molecule has 1 rings (SSSR count). The van der Waals surface area contributed by atoms with Crippen LogP contribution in [-0.4, -0.2) is 28.7 Å². The molecule has 0 saturated heterocycles. The van der Waals surface area contributed by atoms with Gasteiger partial charge in [-0.3, -0.25) is 5.43 Å². The molecule has 128 valence electrons. The molecule has 6 nitrogen and oxygen atoms in total. The SMILES string of the molecule is CC(C)[C@@H](C(=O)[O-])N(Cc1ccccc1)NC(=O)OC(C)(C)C. The number of nitrogens with zero attached hydrogens (tertiary/aromatic N) is 1. The van der Waals surface area contributed by atoms with Crippen LogP contribution in [0.15, 0.2) is 30.3 Å². The number of carboxylic acids is 1.